The zero-order valence-electron chi connectivity index (χ0n) is 17.3. The van der Waals surface area contributed by atoms with Gasteiger partial charge in [0.25, 0.3) is 0 Å². The number of pyridine rings is 3. The van der Waals surface area contributed by atoms with Crippen LogP contribution in [-0.2, 0) is 0 Å². The Morgan fingerprint density at radius 1 is 0.879 bits per heavy atom. The number of aromatic amines is 2. The van der Waals surface area contributed by atoms with E-state index in [-0.39, 0.29) is 16.9 Å². The van der Waals surface area contributed by atoms with Gasteiger partial charge in [0.15, 0.2) is 11.5 Å². The molecule has 2 N–H and O–H groups in total. The van der Waals surface area contributed by atoms with Crippen LogP contribution < -0.4 is 0 Å². The quantitative estimate of drug-likeness (QED) is 0.395. The maximum Gasteiger partial charge on any atom is 0.184 e. The molecule has 0 aliphatic rings. The lowest BCUT2D eigenvalue weighted by Gasteiger charge is -2.06. The maximum absolute atomic E-state index is 15.7. The van der Waals surface area contributed by atoms with Crippen LogP contribution in [0, 0.1) is 18.6 Å². The van der Waals surface area contributed by atoms with Crippen molar-refractivity contribution < 1.29 is 8.78 Å². The highest BCUT2D eigenvalue weighted by molar-refractivity contribution is 5.96. The molecule has 0 radical (unpaired) electrons. The number of fused-ring (bicyclic) bond motifs is 2. The van der Waals surface area contributed by atoms with Crippen LogP contribution in [0.5, 0.6) is 0 Å². The number of hydrogen-bond acceptors (Lipinski definition) is 5. The normalized spacial score (nSPS) is 11.5. The number of aromatic nitrogens is 7. The first-order chi connectivity index (χ1) is 16.1. The predicted molar refractivity (Wildman–Crippen MR) is 120 cm³/mol. The lowest BCUT2D eigenvalue weighted by Crippen LogP contribution is -1.93. The van der Waals surface area contributed by atoms with Crippen LogP contribution in [0.3, 0.4) is 0 Å². The third-order valence-electron chi connectivity index (χ3n) is 5.60. The van der Waals surface area contributed by atoms with Crippen molar-refractivity contribution in [2.75, 3.05) is 0 Å². The Hall–Kier alpha value is -4.53. The van der Waals surface area contributed by atoms with E-state index in [0.717, 1.165) is 11.1 Å². The SMILES string of the molecule is Cc1ccncc1-c1cnc2n[nH]c(-c3nc4c(-c5ccc(F)cc5)nccc4[nH]3)c2c1F. The maximum atomic E-state index is 15.7. The zero-order valence-corrected chi connectivity index (χ0v) is 17.3. The summed E-state index contributed by atoms with van der Waals surface area (Å²) in [5.74, 6) is -0.401. The van der Waals surface area contributed by atoms with Crippen molar-refractivity contribution >= 4 is 22.1 Å². The van der Waals surface area contributed by atoms with E-state index in [1.807, 2.05) is 13.0 Å². The minimum absolute atomic E-state index is 0.228. The van der Waals surface area contributed by atoms with E-state index in [0.29, 0.717) is 39.4 Å². The van der Waals surface area contributed by atoms with Crippen molar-refractivity contribution in [2.24, 2.45) is 0 Å². The van der Waals surface area contributed by atoms with Crippen molar-refractivity contribution in [2.45, 2.75) is 6.92 Å². The van der Waals surface area contributed by atoms with Crippen LogP contribution in [0.15, 0.2) is 61.2 Å². The molecule has 0 spiro atoms. The number of halogens is 2. The Morgan fingerprint density at radius 2 is 1.73 bits per heavy atom. The van der Waals surface area contributed by atoms with Crippen molar-refractivity contribution in [1.29, 1.82) is 0 Å². The Balaban J connectivity index is 1.55. The summed E-state index contributed by atoms with van der Waals surface area (Å²) >= 11 is 0. The number of nitrogens with one attached hydrogen (secondary N) is 2. The van der Waals surface area contributed by atoms with Gasteiger partial charge in [-0.15, -0.1) is 0 Å². The van der Waals surface area contributed by atoms with Crippen molar-refractivity contribution in [3.05, 3.63) is 78.4 Å². The fourth-order valence-corrected chi connectivity index (χ4v) is 3.93. The lowest BCUT2D eigenvalue weighted by molar-refractivity contribution is 0.628. The molecule has 160 valence electrons. The molecule has 0 saturated heterocycles. The van der Waals surface area contributed by atoms with Gasteiger partial charge in [-0.25, -0.2) is 18.7 Å². The summed E-state index contributed by atoms with van der Waals surface area (Å²) in [7, 11) is 0. The predicted octanol–water partition coefficient (Wildman–Crippen LogP) is 5.21. The largest absolute Gasteiger partial charge is 0.337 e. The highest BCUT2D eigenvalue weighted by atomic mass is 19.1. The topological polar surface area (TPSA) is 96.0 Å². The molecule has 0 bridgehead atoms. The molecule has 0 aliphatic carbocycles. The van der Waals surface area contributed by atoms with Gasteiger partial charge in [-0.2, -0.15) is 5.10 Å². The van der Waals surface area contributed by atoms with E-state index in [1.165, 1.54) is 18.3 Å². The van der Waals surface area contributed by atoms with Gasteiger partial charge in [0, 0.05) is 41.5 Å². The second kappa shape index (κ2) is 7.27. The molecule has 5 aromatic heterocycles. The van der Waals surface area contributed by atoms with Crippen LogP contribution in [0.2, 0.25) is 0 Å². The van der Waals surface area contributed by atoms with E-state index in [4.69, 9.17) is 0 Å². The Kier molecular flexibility index (Phi) is 4.22. The molecule has 9 heteroatoms. The van der Waals surface area contributed by atoms with Crippen LogP contribution in [0.1, 0.15) is 5.56 Å². The number of aryl methyl sites for hydroxylation is 1. The Bertz CT molecular complexity index is 1650. The first kappa shape index (κ1) is 19.2. The van der Waals surface area contributed by atoms with Gasteiger partial charge in [0.1, 0.15) is 22.8 Å². The first-order valence-electron chi connectivity index (χ1n) is 10.1. The molecular weight excluding hydrogens is 424 g/mol. The molecule has 5 heterocycles. The summed E-state index contributed by atoms with van der Waals surface area (Å²) in [6.07, 6.45) is 6.37. The molecule has 0 aliphatic heterocycles. The molecule has 6 aromatic rings. The highest BCUT2D eigenvalue weighted by Crippen LogP contribution is 2.34. The number of imidazole rings is 1. The summed E-state index contributed by atoms with van der Waals surface area (Å²) in [6.45, 7) is 1.89. The van der Waals surface area contributed by atoms with Crippen molar-refractivity contribution in [1.82, 2.24) is 35.1 Å². The molecule has 0 unspecified atom stereocenters. The van der Waals surface area contributed by atoms with Crippen LogP contribution in [-0.4, -0.2) is 35.1 Å². The van der Waals surface area contributed by atoms with E-state index < -0.39 is 5.82 Å². The molecule has 33 heavy (non-hydrogen) atoms. The molecular formula is C24H15F2N7. The van der Waals surface area contributed by atoms with Gasteiger partial charge in [-0.05, 0) is 48.9 Å². The summed E-state index contributed by atoms with van der Waals surface area (Å²) in [6, 6.07) is 9.62. The summed E-state index contributed by atoms with van der Waals surface area (Å²) in [5, 5.41) is 7.25. The third kappa shape index (κ3) is 3.05. The zero-order chi connectivity index (χ0) is 22.5. The van der Waals surface area contributed by atoms with Crippen molar-refractivity contribution in [3.8, 4) is 33.9 Å². The average Bonchev–Trinajstić information content (AvgIpc) is 3.45. The van der Waals surface area contributed by atoms with Gasteiger partial charge >= 0.3 is 0 Å². The van der Waals surface area contributed by atoms with Gasteiger partial charge in [-0.1, -0.05) is 0 Å². The van der Waals surface area contributed by atoms with Crippen LogP contribution in [0.4, 0.5) is 8.78 Å². The number of H-pyrrole nitrogens is 2. The van der Waals surface area contributed by atoms with Gasteiger partial charge < -0.3 is 4.98 Å². The minimum atomic E-state index is -0.461. The fraction of sp³-hybridized carbons (Fsp3) is 0.0417. The summed E-state index contributed by atoms with van der Waals surface area (Å²) in [5.41, 5.74) is 5.08. The number of nitrogens with zero attached hydrogens (tertiary/aromatic N) is 5. The van der Waals surface area contributed by atoms with Crippen molar-refractivity contribution in [3.63, 3.8) is 0 Å². The smallest absolute Gasteiger partial charge is 0.184 e. The molecule has 7 nitrogen and oxygen atoms in total. The molecule has 0 saturated carbocycles. The summed E-state index contributed by atoms with van der Waals surface area (Å²) < 4.78 is 29.1. The van der Waals surface area contributed by atoms with E-state index in [9.17, 15) is 4.39 Å². The van der Waals surface area contributed by atoms with Gasteiger partial charge in [0.05, 0.1) is 16.6 Å². The monoisotopic (exact) mass is 439 g/mol. The van der Waals surface area contributed by atoms with E-state index in [1.54, 1.807) is 36.8 Å². The lowest BCUT2D eigenvalue weighted by atomic mass is 10.0. The number of hydrogen-bond donors (Lipinski definition) is 2. The minimum Gasteiger partial charge on any atom is -0.337 e. The van der Waals surface area contributed by atoms with Gasteiger partial charge in [-0.3, -0.25) is 15.1 Å². The highest BCUT2D eigenvalue weighted by Gasteiger charge is 2.21. The standard InChI is InChI=1S/C24H15F2N7/c1-12-6-8-27-10-15(12)16-11-29-23-18(19(16)26)22(32-33-23)24-30-17-7-9-28-20(21(17)31-24)13-2-4-14(25)5-3-13/h2-11H,1H3,(H,30,31)(H,29,32,33). The van der Waals surface area contributed by atoms with E-state index in [2.05, 4.69) is 35.1 Å². The summed E-state index contributed by atoms with van der Waals surface area (Å²) in [4.78, 5) is 20.8. The molecule has 0 fully saturated rings. The first-order valence-corrected chi connectivity index (χ1v) is 10.1. The number of benzene rings is 1. The Labute approximate surface area is 185 Å². The Morgan fingerprint density at radius 3 is 2.55 bits per heavy atom. The van der Waals surface area contributed by atoms with Gasteiger partial charge in [0.2, 0.25) is 0 Å². The molecule has 1 aromatic carbocycles. The number of rotatable bonds is 3. The van der Waals surface area contributed by atoms with Crippen LogP contribution in [0.25, 0.3) is 56.0 Å². The van der Waals surface area contributed by atoms with Crippen LogP contribution >= 0.6 is 0 Å². The molecule has 0 amide bonds. The second-order valence-corrected chi connectivity index (χ2v) is 7.62. The second-order valence-electron chi connectivity index (χ2n) is 7.62. The molecule has 0 atom stereocenters. The third-order valence-corrected chi connectivity index (χ3v) is 5.60. The fourth-order valence-electron chi connectivity index (χ4n) is 3.93. The molecule has 6 rings (SSSR count). The average molecular weight is 439 g/mol. The van der Waals surface area contributed by atoms with E-state index >= 15 is 4.39 Å².